The van der Waals surface area contributed by atoms with Crippen LogP contribution < -0.4 is 0 Å². The molecule has 0 aromatic carbocycles. The molecule has 0 N–H and O–H groups in total. The molecular weight excluding hydrogens is 95.7 g/mol. The normalized spacial score (nSPS) is 8.25. The molecule has 0 aliphatic carbocycles. The molecule has 40 valence electrons. The minimum Gasteiger partial charge on any atom is -0.198 e. The highest BCUT2D eigenvalue weighted by Gasteiger charge is 2.04. The van der Waals surface area contributed by atoms with Gasteiger partial charge in [-0.25, -0.2) is 0 Å². The standard InChI is InChI=1S/C5H9N.B2/c1-5(2,3)4-6;1-2/h1-3H3;. The molecule has 0 aromatic heterocycles. The van der Waals surface area contributed by atoms with E-state index >= 15 is 0 Å². The SMILES string of the molecule is CC(C)(C)C#N.[B][B]. The number of hydrogen-bond acceptors (Lipinski definition) is 1. The molecule has 0 rings (SSSR count). The van der Waals surface area contributed by atoms with Crippen LogP contribution in [-0.4, -0.2) is 15.5 Å². The molecule has 0 saturated heterocycles. The van der Waals surface area contributed by atoms with Crippen molar-refractivity contribution in [2.75, 3.05) is 0 Å². The van der Waals surface area contributed by atoms with Crippen LogP contribution in [0.2, 0.25) is 0 Å². The Morgan fingerprint density at radius 2 is 1.38 bits per heavy atom. The summed E-state index contributed by atoms with van der Waals surface area (Å²) in [6, 6.07) is 2.10. The number of nitriles is 1. The molecule has 0 fully saturated rings. The van der Waals surface area contributed by atoms with E-state index in [-0.39, 0.29) is 5.41 Å². The Labute approximate surface area is 53.9 Å². The molecule has 0 aliphatic heterocycles. The van der Waals surface area contributed by atoms with Gasteiger partial charge in [0, 0.05) is 20.9 Å². The molecule has 0 amide bonds. The molecule has 3 heteroatoms. The van der Waals surface area contributed by atoms with Crippen molar-refractivity contribution in [1.82, 2.24) is 0 Å². The molecule has 0 unspecified atom stereocenters. The van der Waals surface area contributed by atoms with Crippen molar-refractivity contribution < 1.29 is 0 Å². The average Bonchev–Trinajstić information content (AvgIpc) is 1.71. The van der Waals surface area contributed by atoms with E-state index in [0.717, 1.165) is 0 Å². The lowest BCUT2D eigenvalue weighted by atomic mass is 9.81. The number of nitrogens with zero attached hydrogens (tertiary/aromatic N) is 1. The van der Waals surface area contributed by atoms with Crippen molar-refractivity contribution in [3.63, 3.8) is 0 Å². The molecule has 1 nitrogen and oxygen atoms in total. The quantitative estimate of drug-likeness (QED) is 0.417. The molecule has 4 radical (unpaired) electrons. The van der Waals surface area contributed by atoms with Crippen molar-refractivity contribution in [3.05, 3.63) is 0 Å². The van der Waals surface area contributed by atoms with E-state index in [1.165, 1.54) is 0 Å². The fourth-order valence-electron chi connectivity index (χ4n) is 0. The summed E-state index contributed by atoms with van der Waals surface area (Å²) in [6.45, 7) is 5.65. The Hall–Kier alpha value is -0.380. The van der Waals surface area contributed by atoms with Crippen molar-refractivity contribution in [1.29, 1.82) is 5.26 Å². The van der Waals surface area contributed by atoms with E-state index in [9.17, 15) is 0 Å². The van der Waals surface area contributed by atoms with E-state index in [1.54, 1.807) is 0 Å². The largest absolute Gasteiger partial charge is 0.198 e. The highest BCUT2D eigenvalue weighted by Crippen LogP contribution is 2.08. The number of hydrogen-bond donors (Lipinski definition) is 0. The van der Waals surface area contributed by atoms with Gasteiger partial charge in [-0.05, 0) is 20.8 Å². The van der Waals surface area contributed by atoms with Crippen LogP contribution in [0, 0.1) is 16.7 Å². The predicted octanol–water partition coefficient (Wildman–Crippen LogP) is 0.794. The summed E-state index contributed by atoms with van der Waals surface area (Å²) in [5.74, 6) is 0. The summed E-state index contributed by atoms with van der Waals surface area (Å²) in [5, 5.41) is 8.15. The fourth-order valence-corrected chi connectivity index (χ4v) is 0. The first kappa shape index (κ1) is 10.6. The summed E-state index contributed by atoms with van der Waals surface area (Å²) in [7, 11) is 8.00. The molecule has 8 heavy (non-hydrogen) atoms. The summed E-state index contributed by atoms with van der Waals surface area (Å²) < 4.78 is 0. The van der Waals surface area contributed by atoms with E-state index in [4.69, 9.17) is 5.26 Å². The Bertz CT molecular complexity index is 77.4. The first-order chi connectivity index (χ1) is 3.56. The third kappa shape index (κ3) is 17.5. The van der Waals surface area contributed by atoms with Crippen LogP contribution in [0.4, 0.5) is 0 Å². The molecule has 0 saturated carbocycles. The lowest BCUT2D eigenvalue weighted by Gasteiger charge is -2.01. The molecule has 0 bridgehead atoms. The van der Waals surface area contributed by atoms with Crippen molar-refractivity contribution >= 4 is 15.5 Å². The zero-order valence-electron chi connectivity index (χ0n) is 5.60. The zero-order chi connectivity index (χ0) is 7.21. The second-order valence-corrected chi connectivity index (χ2v) is 2.36. The lowest BCUT2D eigenvalue weighted by Crippen LogP contribution is -1.97. The van der Waals surface area contributed by atoms with Crippen molar-refractivity contribution in [2.45, 2.75) is 20.8 Å². The van der Waals surface area contributed by atoms with E-state index in [1.807, 2.05) is 20.8 Å². The Kier molecular flexibility index (Phi) is 6.31. The van der Waals surface area contributed by atoms with Gasteiger partial charge in [-0.2, -0.15) is 5.26 Å². The van der Waals surface area contributed by atoms with Gasteiger partial charge in [0.1, 0.15) is 0 Å². The summed E-state index contributed by atoms with van der Waals surface area (Å²) in [5.41, 5.74) is -0.153. The zero-order valence-corrected chi connectivity index (χ0v) is 5.60. The van der Waals surface area contributed by atoms with Crippen LogP contribution in [0.3, 0.4) is 0 Å². The molecule has 0 aliphatic rings. The van der Waals surface area contributed by atoms with E-state index in [2.05, 4.69) is 21.5 Å². The molecule has 0 heterocycles. The van der Waals surface area contributed by atoms with Crippen LogP contribution in [0.1, 0.15) is 20.8 Å². The molecular formula is C5H9B2N. The fraction of sp³-hybridized carbons (Fsp3) is 0.800. The summed E-state index contributed by atoms with van der Waals surface area (Å²) in [4.78, 5) is 0. The summed E-state index contributed by atoms with van der Waals surface area (Å²) in [6.07, 6.45) is 0. The smallest absolute Gasteiger partial charge is 0.0680 e. The highest BCUT2D eigenvalue weighted by atomic mass is 14.3. The van der Waals surface area contributed by atoms with Crippen LogP contribution >= 0.6 is 0 Å². The van der Waals surface area contributed by atoms with Gasteiger partial charge >= 0.3 is 0 Å². The topological polar surface area (TPSA) is 23.8 Å². The van der Waals surface area contributed by atoms with Gasteiger partial charge in [0.2, 0.25) is 0 Å². The Morgan fingerprint density at radius 1 is 1.25 bits per heavy atom. The Balaban J connectivity index is 0. The van der Waals surface area contributed by atoms with Gasteiger partial charge in [-0.3, -0.25) is 0 Å². The van der Waals surface area contributed by atoms with Crippen LogP contribution in [0.5, 0.6) is 0 Å². The maximum atomic E-state index is 8.15. The van der Waals surface area contributed by atoms with Crippen molar-refractivity contribution in [2.24, 2.45) is 5.41 Å². The highest BCUT2D eigenvalue weighted by molar-refractivity contribution is 6.75. The molecule has 0 atom stereocenters. The van der Waals surface area contributed by atoms with Crippen LogP contribution in [-0.2, 0) is 0 Å². The number of rotatable bonds is 0. The van der Waals surface area contributed by atoms with Gasteiger partial charge < -0.3 is 0 Å². The third-order valence-electron chi connectivity index (χ3n) is 0.335. The first-order valence-corrected chi connectivity index (χ1v) is 2.31. The minimum atomic E-state index is -0.153. The van der Waals surface area contributed by atoms with Gasteiger partial charge in [-0.1, -0.05) is 0 Å². The molecule has 0 spiro atoms. The van der Waals surface area contributed by atoms with Gasteiger partial charge in [-0.15, -0.1) is 0 Å². The second kappa shape index (κ2) is 4.77. The van der Waals surface area contributed by atoms with Gasteiger partial charge in [0.15, 0.2) is 0 Å². The van der Waals surface area contributed by atoms with Crippen molar-refractivity contribution in [3.8, 4) is 6.07 Å². The minimum absolute atomic E-state index is 0.153. The average molecular weight is 105 g/mol. The van der Waals surface area contributed by atoms with E-state index in [0.29, 0.717) is 0 Å². The maximum absolute atomic E-state index is 8.15. The third-order valence-corrected chi connectivity index (χ3v) is 0.335. The lowest BCUT2D eigenvalue weighted by molar-refractivity contribution is 0.561. The molecule has 0 aromatic rings. The summed E-state index contributed by atoms with van der Waals surface area (Å²) >= 11 is 0. The van der Waals surface area contributed by atoms with Gasteiger partial charge in [0.25, 0.3) is 0 Å². The predicted molar refractivity (Wildman–Crippen MR) is 36.6 cm³/mol. The Morgan fingerprint density at radius 3 is 1.38 bits per heavy atom. The first-order valence-electron chi connectivity index (χ1n) is 2.31. The monoisotopic (exact) mass is 105 g/mol. The maximum Gasteiger partial charge on any atom is 0.0680 e. The van der Waals surface area contributed by atoms with Crippen LogP contribution in [0.15, 0.2) is 0 Å². The van der Waals surface area contributed by atoms with E-state index < -0.39 is 0 Å². The van der Waals surface area contributed by atoms with Crippen LogP contribution in [0.25, 0.3) is 0 Å². The second-order valence-electron chi connectivity index (χ2n) is 2.36. The van der Waals surface area contributed by atoms with Gasteiger partial charge in [0.05, 0.1) is 6.07 Å².